The van der Waals surface area contributed by atoms with Crippen molar-refractivity contribution in [1.82, 2.24) is 5.32 Å². The Kier molecular flexibility index (Phi) is 4.59. The molecule has 1 heterocycles. The van der Waals surface area contributed by atoms with Crippen LogP contribution >= 0.6 is 0 Å². The second kappa shape index (κ2) is 6.40. The standard InChI is InChI=1S/C14H21N3O/c15-8-6-14(18)16-10-12-7-9-17(11-12)13-4-2-1-3-5-13/h1-5,12H,6-11,15H2,(H,16,18). The van der Waals surface area contributed by atoms with Gasteiger partial charge in [0, 0.05) is 38.3 Å². The Hall–Kier alpha value is -1.55. The Balaban J connectivity index is 1.77. The predicted octanol–water partition coefficient (Wildman–Crippen LogP) is 0.978. The molecule has 1 amide bonds. The van der Waals surface area contributed by atoms with Gasteiger partial charge in [0.05, 0.1) is 0 Å². The first-order valence-corrected chi connectivity index (χ1v) is 6.56. The van der Waals surface area contributed by atoms with Crippen molar-refractivity contribution in [3.63, 3.8) is 0 Å². The maximum absolute atomic E-state index is 11.3. The van der Waals surface area contributed by atoms with Crippen molar-refractivity contribution in [2.45, 2.75) is 12.8 Å². The van der Waals surface area contributed by atoms with Gasteiger partial charge in [-0.05, 0) is 24.5 Å². The summed E-state index contributed by atoms with van der Waals surface area (Å²) in [5.41, 5.74) is 6.61. The Morgan fingerprint density at radius 3 is 2.89 bits per heavy atom. The third kappa shape index (κ3) is 3.47. The van der Waals surface area contributed by atoms with Crippen molar-refractivity contribution in [2.75, 3.05) is 31.1 Å². The van der Waals surface area contributed by atoms with Crippen LogP contribution in [0.3, 0.4) is 0 Å². The number of hydrogen-bond donors (Lipinski definition) is 2. The van der Waals surface area contributed by atoms with Crippen LogP contribution in [0.15, 0.2) is 30.3 Å². The highest BCUT2D eigenvalue weighted by Crippen LogP contribution is 2.22. The lowest BCUT2D eigenvalue weighted by Crippen LogP contribution is -2.32. The third-order valence-electron chi connectivity index (χ3n) is 3.37. The molecule has 1 aromatic carbocycles. The van der Waals surface area contributed by atoms with Crippen LogP contribution in [0.4, 0.5) is 5.69 Å². The van der Waals surface area contributed by atoms with Crippen LogP contribution in [0.5, 0.6) is 0 Å². The van der Waals surface area contributed by atoms with Gasteiger partial charge in [0.15, 0.2) is 0 Å². The van der Waals surface area contributed by atoms with Gasteiger partial charge in [-0.25, -0.2) is 0 Å². The zero-order valence-corrected chi connectivity index (χ0v) is 10.6. The van der Waals surface area contributed by atoms with Crippen LogP contribution in [-0.4, -0.2) is 32.1 Å². The summed E-state index contributed by atoms with van der Waals surface area (Å²) < 4.78 is 0. The Morgan fingerprint density at radius 1 is 1.39 bits per heavy atom. The zero-order valence-electron chi connectivity index (χ0n) is 10.6. The first kappa shape index (κ1) is 12.9. The molecular weight excluding hydrogens is 226 g/mol. The molecule has 0 spiro atoms. The molecule has 0 aromatic heterocycles. The lowest BCUT2D eigenvalue weighted by atomic mass is 10.1. The van der Waals surface area contributed by atoms with Crippen molar-refractivity contribution in [3.8, 4) is 0 Å². The minimum absolute atomic E-state index is 0.0654. The number of benzene rings is 1. The van der Waals surface area contributed by atoms with Gasteiger partial charge < -0.3 is 16.0 Å². The highest BCUT2D eigenvalue weighted by molar-refractivity contribution is 5.76. The summed E-state index contributed by atoms with van der Waals surface area (Å²) in [4.78, 5) is 13.7. The molecule has 1 aromatic rings. The van der Waals surface area contributed by atoms with Crippen LogP contribution in [0, 0.1) is 5.92 Å². The summed E-state index contributed by atoms with van der Waals surface area (Å²) >= 11 is 0. The van der Waals surface area contributed by atoms with Gasteiger partial charge in [0.25, 0.3) is 0 Å². The van der Waals surface area contributed by atoms with E-state index in [1.807, 2.05) is 6.07 Å². The molecule has 18 heavy (non-hydrogen) atoms. The molecule has 1 aliphatic rings. The van der Waals surface area contributed by atoms with E-state index in [0.29, 0.717) is 18.9 Å². The third-order valence-corrected chi connectivity index (χ3v) is 3.37. The predicted molar refractivity (Wildman–Crippen MR) is 73.4 cm³/mol. The number of nitrogens with zero attached hydrogens (tertiary/aromatic N) is 1. The van der Waals surface area contributed by atoms with Gasteiger partial charge in [-0.1, -0.05) is 18.2 Å². The molecule has 3 N–H and O–H groups in total. The van der Waals surface area contributed by atoms with E-state index in [2.05, 4.69) is 34.5 Å². The average molecular weight is 247 g/mol. The van der Waals surface area contributed by atoms with Gasteiger partial charge >= 0.3 is 0 Å². The van der Waals surface area contributed by atoms with Crippen LogP contribution in [0.2, 0.25) is 0 Å². The van der Waals surface area contributed by atoms with Crippen LogP contribution in [0.25, 0.3) is 0 Å². The molecule has 1 atom stereocenters. The first-order valence-electron chi connectivity index (χ1n) is 6.56. The van der Waals surface area contributed by atoms with Crippen molar-refractivity contribution in [1.29, 1.82) is 0 Å². The molecule has 0 aliphatic carbocycles. The summed E-state index contributed by atoms with van der Waals surface area (Å²) in [5, 5.41) is 2.95. The van der Waals surface area contributed by atoms with E-state index in [9.17, 15) is 4.79 Å². The molecule has 98 valence electrons. The SMILES string of the molecule is NCCC(=O)NCC1CCN(c2ccccc2)C1. The minimum atomic E-state index is 0.0654. The molecule has 1 unspecified atom stereocenters. The Morgan fingerprint density at radius 2 is 2.17 bits per heavy atom. The average Bonchev–Trinajstić information content (AvgIpc) is 2.87. The minimum Gasteiger partial charge on any atom is -0.371 e. The van der Waals surface area contributed by atoms with E-state index in [0.717, 1.165) is 26.1 Å². The summed E-state index contributed by atoms with van der Waals surface area (Å²) in [6, 6.07) is 10.4. The number of carbonyl (C=O) groups is 1. The van der Waals surface area contributed by atoms with Gasteiger partial charge in [-0.2, -0.15) is 0 Å². The van der Waals surface area contributed by atoms with E-state index in [1.54, 1.807) is 0 Å². The van der Waals surface area contributed by atoms with Gasteiger partial charge in [0.2, 0.25) is 5.91 Å². The fraction of sp³-hybridized carbons (Fsp3) is 0.500. The maximum atomic E-state index is 11.3. The first-order chi connectivity index (χ1) is 8.79. The Bertz CT molecular complexity index is 380. The largest absolute Gasteiger partial charge is 0.371 e. The highest BCUT2D eigenvalue weighted by Gasteiger charge is 2.22. The summed E-state index contributed by atoms with van der Waals surface area (Å²) in [7, 11) is 0. The number of anilines is 1. The van der Waals surface area contributed by atoms with Gasteiger partial charge in [-0.3, -0.25) is 4.79 Å². The van der Waals surface area contributed by atoms with Crippen molar-refractivity contribution in [3.05, 3.63) is 30.3 Å². The molecule has 1 saturated heterocycles. The summed E-state index contributed by atoms with van der Waals surface area (Å²) in [5.74, 6) is 0.614. The number of rotatable bonds is 5. The number of amides is 1. The van der Waals surface area contributed by atoms with Crippen LogP contribution < -0.4 is 16.0 Å². The lowest BCUT2D eigenvalue weighted by molar-refractivity contribution is -0.121. The number of nitrogens with one attached hydrogen (secondary N) is 1. The molecule has 4 nitrogen and oxygen atoms in total. The zero-order chi connectivity index (χ0) is 12.8. The number of carbonyl (C=O) groups excluding carboxylic acids is 1. The summed E-state index contributed by atoms with van der Waals surface area (Å²) in [6.07, 6.45) is 1.56. The number of para-hydroxylation sites is 1. The molecule has 1 aliphatic heterocycles. The molecule has 2 rings (SSSR count). The highest BCUT2D eigenvalue weighted by atomic mass is 16.1. The molecule has 0 saturated carbocycles. The van der Waals surface area contributed by atoms with Crippen molar-refractivity contribution < 1.29 is 4.79 Å². The molecule has 4 heteroatoms. The van der Waals surface area contributed by atoms with Crippen LogP contribution in [-0.2, 0) is 4.79 Å². The topological polar surface area (TPSA) is 58.4 Å². The monoisotopic (exact) mass is 247 g/mol. The fourth-order valence-corrected chi connectivity index (χ4v) is 2.35. The van der Waals surface area contributed by atoms with Crippen LogP contribution in [0.1, 0.15) is 12.8 Å². The summed E-state index contributed by atoms with van der Waals surface area (Å²) in [6.45, 7) is 3.28. The normalized spacial score (nSPS) is 18.9. The second-order valence-corrected chi connectivity index (χ2v) is 4.78. The van der Waals surface area contributed by atoms with E-state index >= 15 is 0 Å². The van der Waals surface area contributed by atoms with E-state index in [4.69, 9.17) is 5.73 Å². The molecule has 1 fully saturated rings. The van der Waals surface area contributed by atoms with Gasteiger partial charge in [0.1, 0.15) is 0 Å². The quantitative estimate of drug-likeness (QED) is 0.815. The smallest absolute Gasteiger partial charge is 0.221 e. The van der Waals surface area contributed by atoms with E-state index in [-0.39, 0.29) is 5.91 Å². The van der Waals surface area contributed by atoms with Gasteiger partial charge in [-0.15, -0.1) is 0 Å². The molecule has 0 radical (unpaired) electrons. The fourth-order valence-electron chi connectivity index (χ4n) is 2.35. The van der Waals surface area contributed by atoms with E-state index < -0.39 is 0 Å². The lowest BCUT2D eigenvalue weighted by Gasteiger charge is -2.18. The molecule has 0 bridgehead atoms. The second-order valence-electron chi connectivity index (χ2n) is 4.78. The molecular formula is C14H21N3O. The van der Waals surface area contributed by atoms with Crippen molar-refractivity contribution in [2.24, 2.45) is 11.7 Å². The number of hydrogen-bond acceptors (Lipinski definition) is 3. The number of nitrogens with two attached hydrogens (primary N) is 1. The van der Waals surface area contributed by atoms with Crippen molar-refractivity contribution >= 4 is 11.6 Å². The maximum Gasteiger partial charge on any atom is 0.221 e. The Labute approximate surface area is 108 Å². The van der Waals surface area contributed by atoms with E-state index in [1.165, 1.54) is 5.69 Å².